The predicted octanol–water partition coefficient (Wildman–Crippen LogP) is 1.51. The van der Waals surface area contributed by atoms with Crippen LogP contribution >= 0.6 is 11.3 Å². The fraction of sp³-hybridized carbons (Fsp3) is 0.312. The molecule has 0 aromatic carbocycles. The summed E-state index contributed by atoms with van der Waals surface area (Å²) in [5.41, 5.74) is 6.44. The van der Waals surface area contributed by atoms with E-state index < -0.39 is 5.91 Å². The molecule has 3 rings (SSSR count). The van der Waals surface area contributed by atoms with Crippen molar-refractivity contribution in [1.82, 2.24) is 9.88 Å². The van der Waals surface area contributed by atoms with E-state index in [1.165, 1.54) is 11.3 Å². The van der Waals surface area contributed by atoms with E-state index in [1.807, 2.05) is 30.0 Å². The van der Waals surface area contributed by atoms with Crippen LogP contribution in [0.25, 0.3) is 0 Å². The molecule has 1 aliphatic heterocycles. The number of primary amides is 1. The summed E-state index contributed by atoms with van der Waals surface area (Å²) in [4.78, 5) is 33.6. The number of rotatable bonds is 3. The maximum absolute atomic E-state index is 12.4. The molecule has 0 saturated carbocycles. The smallest absolute Gasteiger partial charge is 0.267 e. The first-order valence-corrected chi connectivity index (χ1v) is 8.23. The minimum Gasteiger partial charge on any atom is -0.368 e. The standard InChI is InChI=1S/C16H18N4O2S/c1-11-2-3-14(23-11)16(22)20-8-6-19(7-9-20)12-4-5-18-13(10-12)15(17)21/h2-5,10H,6-9H2,1H3,(H2,17,21). The molecular weight excluding hydrogens is 312 g/mol. The van der Waals surface area contributed by atoms with Crippen molar-refractivity contribution in [3.8, 4) is 0 Å². The summed E-state index contributed by atoms with van der Waals surface area (Å²) in [5.74, 6) is -0.441. The number of hydrogen-bond donors (Lipinski definition) is 1. The maximum atomic E-state index is 12.4. The first-order valence-electron chi connectivity index (χ1n) is 7.41. The van der Waals surface area contributed by atoms with E-state index in [9.17, 15) is 9.59 Å². The normalized spacial score (nSPS) is 14.8. The highest BCUT2D eigenvalue weighted by molar-refractivity contribution is 7.13. The second-order valence-electron chi connectivity index (χ2n) is 5.45. The third-order valence-electron chi connectivity index (χ3n) is 3.88. The van der Waals surface area contributed by atoms with Crippen LogP contribution in [0.2, 0.25) is 0 Å². The van der Waals surface area contributed by atoms with E-state index in [2.05, 4.69) is 9.88 Å². The van der Waals surface area contributed by atoms with Gasteiger partial charge < -0.3 is 15.5 Å². The minimum absolute atomic E-state index is 0.0929. The van der Waals surface area contributed by atoms with Gasteiger partial charge in [0.2, 0.25) is 0 Å². The Bertz CT molecular complexity index is 735. The number of nitrogens with zero attached hydrogens (tertiary/aromatic N) is 3. The summed E-state index contributed by atoms with van der Waals surface area (Å²) >= 11 is 1.53. The van der Waals surface area contributed by atoms with Crippen LogP contribution in [0, 0.1) is 6.92 Å². The molecule has 2 N–H and O–H groups in total. The Morgan fingerprint density at radius 3 is 2.52 bits per heavy atom. The van der Waals surface area contributed by atoms with Gasteiger partial charge in [-0.15, -0.1) is 11.3 Å². The molecule has 120 valence electrons. The van der Waals surface area contributed by atoms with Gasteiger partial charge in [0, 0.05) is 42.9 Å². The number of pyridine rings is 1. The van der Waals surface area contributed by atoms with Crippen LogP contribution in [-0.4, -0.2) is 47.9 Å². The second-order valence-corrected chi connectivity index (χ2v) is 6.74. The number of aryl methyl sites for hydroxylation is 1. The summed E-state index contributed by atoms with van der Waals surface area (Å²) in [6.07, 6.45) is 1.58. The average Bonchev–Trinajstić information content (AvgIpc) is 3.01. The van der Waals surface area contributed by atoms with Crippen LogP contribution in [0.15, 0.2) is 30.5 Å². The lowest BCUT2D eigenvalue weighted by atomic mass is 10.2. The highest BCUT2D eigenvalue weighted by atomic mass is 32.1. The summed E-state index contributed by atoms with van der Waals surface area (Å²) in [6.45, 7) is 4.75. The fourth-order valence-corrected chi connectivity index (χ4v) is 3.46. The summed E-state index contributed by atoms with van der Waals surface area (Å²) in [5, 5.41) is 0. The molecule has 6 nitrogen and oxygen atoms in total. The number of anilines is 1. The molecule has 0 atom stereocenters. The highest BCUT2D eigenvalue weighted by Gasteiger charge is 2.23. The molecule has 2 aromatic heterocycles. The van der Waals surface area contributed by atoms with Gasteiger partial charge in [0.25, 0.3) is 11.8 Å². The van der Waals surface area contributed by atoms with Crippen molar-refractivity contribution in [3.05, 3.63) is 45.9 Å². The quantitative estimate of drug-likeness (QED) is 0.925. The van der Waals surface area contributed by atoms with Crippen LogP contribution in [-0.2, 0) is 0 Å². The summed E-state index contributed by atoms with van der Waals surface area (Å²) < 4.78 is 0. The van der Waals surface area contributed by atoms with Crippen LogP contribution in [0.4, 0.5) is 5.69 Å². The first-order chi connectivity index (χ1) is 11.0. The lowest BCUT2D eigenvalue weighted by molar-refractivity contribution is 0.0751. The van der Waals surface area contributed by atoms with Gasteiger partial charge in [0.15, 0.2) is 0 Å². The van der Waals surface area contributed by atoms with Crippen LogP contribution in [0.5, 0.6) is 0 Å². The van der Waals surface area contributed by atoms with Gasteiger partial charge in [-0.2, -0.15) is 0 Å². The molecule has 23 heavy (non-hydrogen) atoms. The number of aromatic nitrogens is 1. The molecule has 0 radical (unpaired) electrons. The molecule has 7 heteroatoms. The Kier molecular flexibility index (Phi) is 4.29. The van der Waals surface area contributed by atoms with Gasteiger partial charge >= 0.3 is 0 Å². The fourth-order valence-electron chi connectivity index (χ4n) is 2.62. The van der Waals surface area contributed by atoms with Crippen molar-refractivity contribution < 1.29 is 9.59 Å². The molecule has 1 fully saturated rings. The number of hydrogen-bond acceptors (Lipinski definition) is 5. The van der Waals surface area contributed by atoms with Crippen LogP contribution in [0.1, 0.15) is 25.0 Å². The maximum Gasteiger partial charge on any atom is 0.267 e. The van der Waals surface area contributed by atoms with E-state index in [0.29, 0.717) is 13.1 Å². The summed E-state index contributed by atoms with van der Waals surface area (Å²) in [6, 6.07) is 7.40. The number of carbonyl (C=O) groups excluding carboxylic acids is 2. The Balaban J connectivity index is 1.65. The van der Waals surface area contributed by atoms with Gasteiger partial charge in [-0.1, -0.05) is 0 Å². The van der Waals surface area contributed by atoms with Crippen molar-refractivity contribution in [2.75, 3.05) is 31.1 Å². The van der Waals surface area contributed by atoms with E-state index in [4.69, 9.17) is 5.73 Å². The second kappa shape index (κ2) is 6.37. The summed E-state index contributed by atoms with van der Waals surface area (Å²) in [7, 11) is 0. The third-order valence-corrected chi connectivity index (χ3v) is 4.87. The zero-order chi connectivity index (χ0) is 16.4. The van der Waals surface area contributed by atoms with Crippen molar-refractivity contribution >= 4 is 28.8 Å². The van der Waals surface area contributed by atoms with Crippen LogP contribution < -0.4 is 10.6 Å². The number of piperazine rings is 1. The molecular formula is C16H18N4O2S. The number of nitrogens with two attached hydrogens (primary N) is 1. The van der Waals surface area contributed by atoms with E-state index in [1.54, 1.807) is 12.3 Å². The molecule has 2 amide bonds. The zero-order valence-corrected chi connectivity index (χ0v) is 13.7. The topological polar surface area (TPSA) is 79.5 Å². The van der Waals surface area contributed by atoms with Crippen molar-refractivity contribution in [1.29, 1.82) is 0 Å². The van der Waals surface area contributed by atoms with Crippen molar-refractivity contribution in [2.45, 2.75) is 6.92 Å². The zero-order valence-electron chi connectivity index (χ0n) is 12.9. The lowest BCUT2D eigenvalue weighted by Crippen LogP contribution is -2.48. The molecule has 0 spiro atoms. The van der Waals surface area contributed by atoms with Crippen molar-refractivity contribution in [2.24, 2.45) is 5.73 Å². The number of amides is 2. The van der Waals surface area contributed by atoms with Gasteiger partial charge in [-0.25, -0.2) is 0 Å². The molecule has 1 aliphatic rings. The largest absolute Gasteiger partial charge is 0.368 e. The predicted molar refractivity (Wildman–Crippen MR) is 89.9 cm³/mol. The van der Waals surface area contributed by atoms with Gasteiger partial charge in [0.05, 0.1) is 4.88 Å². The van der Waals surface area contributed by atoms with E-state index in [-0.39, 0.29) is 11.6 Å². The molecule has 0 bridgehead atoms. The Morgan fingerprint density at radius 2 is 1.91 bits per heavy atom. The molecule has 1 saturated heterocycles. The number of thiophene rings is 1. The Labute approximate surface area is 138 Å². The highest BCUT2D eigenvalue weighted by Crippen LogP contribution is 2.20. The Hall–Kier alpha value is -2.41. The van der Waals surface area contributed by atoms with E-state index in [0.717, 1.165) is 28.5 Å². The van der Waals surface area contributed by atoms with Crippen LogP contribution in [0.3, 0.4) is 0 Å². The van der Waals surface area contributed by atoms with E-state index >= 15 is 0 Å². The molecule has 0 unspecified atom stereocenters. The third kappa shape index (κ3) is 3.34. The monoisotopic (exact) mass is 330 g/mol. The molecule has 2 aromatic rings. The van der Waals surface area contributed by atoms with Gasteiger partial charge in [-0.05, 0) is 31.2 Å². The lowest BCUT2D eigenvalue weighted by Gasteiger charge is -2.36. The van der Waals surface area contributed by atoms with Gasteiger partial charge in [0.1, 0.15) is 5.69 Å². The molecule has 3 heterocycles. The van der Waals surface area contributed by atoms with Gasteiger partial charge in [-0.3, -0.25) is 14.6 Å². The minimum atomic E-state index is -0.534. The molecule has 0 aliphatic carbocycles. The average molecular weight is 330 g/mol. The number of carbonyl (C=O) groups is 2. The first kappa shape index (κ1) is 15.5. The van der Waals surface area contributed by atoms with Crippen molar-refractivity contribution in [3.63, 3.8) is 0 Å². The Morgan fingerprint density at radius 1 is 1.17 bits per heavy atom. The SMILES string of the molecule is Cc1ccc(C(=O)N2CCN(c3ccnc(C(N)=O)c3)CC2)s1.